The summed E-state index contributed by atoms with van der Waals surface area (Å²) in [5.74, 6) is 2.13. The number of anilines is 2. The van der Waals surface area contributed by atoms with E-state index in [1.165, 1.54) is 0 Å². The van der Waals surface area contributed by atoms with Gasteiger partial charge < -0.3 is 15.0 Å². The first-order valence-electron chi connectivity index (χ1n) is 6.49. The molecule has 0 saturated heterocycles. The number of methoxy groups -OCH3 is 1. The highest BCUT2D eigenvalue weighted by atomic mass is 16.5. The van der Waals surface area contributed by atoms with Crippen LogP contribution in [0.25, 0.3) is 0 Å². The van der Waals surface area contributed by atoms with Crippen LogP contribution in [0.4, 0.5) is 11.6 Å². The van der Waals surface area contributed by atoms with Crippen molar-refractivity contribution in [3.63, 3.8) is 0 Å². The van der Waals surface area contributed by atoms with Crippen molar-refractivity contribution in [2.24, 2.45) is 0 Å². The fourth-order valence-electron chi connectivity index (χ4n) is 1.95. The lowest BCUT2D eigenvalue weighted by atomic mass is 10.2. The third kappa shape index (κ3) is 3.14. The summed E-state index contributed by atoms with van der Waals surface area (Å²) in [4.78, 5) is 14.6. The van der Waals surface area contributed by atoms with Gasteiger partial charge in [0, 0.05) is 32.5 Å². The van der Waals surface area contributed by atoms with Gasteiger partial charge >= 0.3 is 0 Å². The fraction of sp³-hybridized carbons (Fsp3) is 0.357. The standard InChI is InChI=1S/C14H19N5O/c1-4-16-13-12(20-3)14(18-10-17-13)19(2)9-11-5-7-15-8-6-11/h5-8,10H,4,9H2,1-3H3,(H,16,17,18). The lowest BCUT2D eigenvalue weighted by Crippen LogP contribution is -2.19. The van der Waals surface area contributed by atoms with E-state index in [0.29, 0.717) is 11.6 Å². The third-order valence-corrected chi connectivity index (χ3v) is 2.86. The van der Waals surface area contributed by atoms with Crippen molar-refractivity contribution in [3.8, 4) is 5.75 Å². The molecular formula is C14H19N5O. The van der Waals surface area contributed by atoms with Gasteiger partial charge in [0.15, 0.2) is 11.6 Å². The predicted octanol–water partition coefficient (Wildman–Crippen LogP) is 1.95. The van der Waals surface area contributed by atoms with Crippen LogP contribution in [0.1, 0.15) is 12.5 Å². The molecule has 0 aliphatic heterocycles. The van der Waals surface area contributed by atoms with Gasteiger partial charge in [-0.2, -0.15) is 0 Å². The molecule has 2 heterocycles. The number of nitrogens with one attached hydrogen (secondary N) is 1. The van der Waals surface area contributed by atoms with Gasteiger partial charge in [0.1, 0.15) is 6.33 Å². The summed E-state index contributed by atoms with van der Waals surface area (Å²) in [6.45, 7) is 3.52. The van der Waals surface area contributed by atoms with Crippen LogP contribution in [-0.4, -0.2) is 35.7 Å². The molecule has 1 N–H and O–H groups in total. The normalized spacial score (nSPS) is 10.2. The minimum absolute atomic E-state index is 0.658. The second-order valence-electron chi connectivity index (χ2n) is 4.32. The van der Waals surface area contributed by atoms with Crippen molar-refractivity contribution < 1.29 is 4.74 Å². The SMILES string of the molecule is CCNc1ncnc(N(C)Cc2ccncc2)c1OC. The molecule has 20 heavy (non-hydrogen) atoms. The fourth-order valence-corrected chi connectivity index (χ4v) is 1.95. The maximum atomic E-state index is 5.45. The molecule has 0 spiro atoms. The Kier molecular flexibility index (Phi) is 4.70. The average Bonchev–Trinajstić information content (AvgIpc) is 2.48. The van der Waals surface area contributed by atoms with E-state index in [2.05, 4.69) is 20.3 Å². The van der Waals surface area contributed by atoms with Crippen LogP contribution >= 0.6 is 0 Å². The second kappa shape index (κ2) is 6.70. The Labute approximate surface area is 118 Å². The van der Waals surface area contributed by atoms with Crippen LogP contribution in [0.2, 0.25) is 0 Å². The van der Waals surface area contributed by atoms with Gasteiger partial charge in [0.25, 0.3) is 0 Å². The lowest BCUT2D eigenvalue weighted by molar-refractivity contribution is 0.412. The zero-order valence-corrected chi connectivity index (χ0v) is 12.0. The molecule has 106 valence electrons. The number of hydrogen-bond acceptors (Lipinski definition) is 6. The van der Waals surface area contributed by atoms with E-state index in [0.717, 1.165) is 24.5 Å². The number of aromatic nitrogens is 3. The molecule has 0 unspecified atom stereocenters. The summed E-state index contributed by atoms with van der Waals surface area (Å²) in [5.41, 5.74) is 1.16. The molecule has 0 amide bonds. The maximum absolute atomic E-state index is 5.45. The van der Waals surface area contributed by atoms with Gasteiger partial charge in [-0.1, -0.05) is 0 Å². The zero-order valence-electron chi connectivity index (χ0n) is 12.0. The van der Waals surface area contributed by atoms with Crippen LogP contribution in [0.5, 0.6) is 5.75 Å². The van der Waals surface area contributed by atoms with Crippen LogP contribution in [0.15, 0.2) is 30.9 Å². The van der Waals surface area contributed by atoms with Crippen molar-refractivity contribution >= 4 is 11.6 Å². The molecule has 2 aromatic heterocycles. The van der Waals surface area contributed by atoms with Crippen molar-refractivity contribution in [1.29, 1.82) is 0 Å². The Morgan fingerprint density at radius 1 is 1.25 bits per heavy atom. The molecule has 2 aromatic rings. The van der Waals surface area contributed by atoms with Gasteiger partial charge in [-0.05, 0) is 24.6 Å². The Morgan fingerprint density at radius 3 is 2.65 bits per heavy atom. The number of ether oxygens (including phenoxy) is 1. The maximum Gasteiger partial charge on any atom is 0.204 e. The second-order valence-corrected chi connectivity index (χ2v) is 4.32. The predicted molar refractivity (Wildman–Crippen MR) is 79.1 cm³/mol. The van der Waals surface area contributed by atoms with E-state index >= 15 is 0 Å². The number of pyridine rings is 1. The number of nitrogens with zero attached hydrogens (tertiary/aromatic N) is 4. The van der Waals surface area contributed by atoms with Gasteiger partial charge in [-0.15, -0.1) is 0 Å². The molecule has 6 heteroatoms. The molecule has 0 aliphatic rings. The zero-order chi connectivity index (χ0) is 14.4. The monoisotopic (exact) mass is 273 g/mol. The summed E-state index contributed by atoms with van der Waals surface area (Å²) < 4.78 is 5.45. The van der Waals surface area contributed by atoms with Gasteiger partial charge in [0.05, 0.1) is 7.11 Å². The summed E-state index contributed by atoms with van der Waals surface area (Å²) in [7, 11) is 3.60. The van der Waals surface area contributed by atoms with Gasteiger partial charge in [-0.3, -0.25) is 4.98 Å². The number of hydrogen-bond donors (Lipinski definition) is 1. The van der Waals surface area contributed by atoms with E-state index < -0.39 is 0 Å². The van der Waals surface area contributed by atoms with Crippen molar-refractivity contribution in [3.05, 3.63) is 36.4 Å². The van der Waals surface area contributed by atoms with Gasteiger partial charge in [-0.25, -0.2) is 9.97 Å². The van der Waals surface area contributed by atoms with Crippen LogP contribution < -0.4 is 15.0 Å². The first-order chi connectivity index (χ1) is 9.76. The minimum Gasteiger partial charge on any atom is -0.490 e. The van der Waals surface area contributed by atoms with E-state index in [-0.39, 0.29) is 0 Å². The molecule has 0 saturated carbocycles. The van der Waals surface area contributed by atoms with Crippen molar-refractivity contribution in [2.45, 2.75) is 13.5 Å². The highest BCUT2D eigenvalue weighted by Crippen LogP contribution is 2.31. The molecular weight excluding hydrogens is 254 g/mol. The molecule has 2 rings (SSSR count). The van der Waals surface area contributed by atoms with E-state index in [1.54, 1.807) is 25.8 Å². The molecule has 0 bridgehead atoms. The molecule has 6 nitrogen and oxygen atoms in total. The van der Waals surface area contributed by atoms with Crippen LogP contribution in [0, 0.1) is 0 Å². The topological polar surface area (TPSA) is 63.2 Å². The highest BCUT2D eigenvalue weighted by Gasteiger charge is 2.15. The Balaban J connectivity index is 2.25. The Morgan fingerprint density at radius 2 is 2.00 bits per heavy atom. The third-order valence-electron chi connectivity index (χ3n) is 2.86. The minimum atomic E-state index is 0.658. The largest absolute Gasteiger partial charge is 0.490 e. The van der Waals surface area contributed by atoms with E-state index in [9.17, 15) is 0 Å². The van der Waals surface area contributed by atoms with Gasteiger partial charge in [0.2, 0.25) is 5.75 Å². The summed E-state index contributed by atoms with van der Waals surface area (Å²) in [6.07, 6.45) is 5.10. The first-order valence-corrected chi connectivity index (χ1v) is 6.49. The molecule has 0 fully saturated rings. The molecule has 0 aromatic carbocycles. The van der Waals surface area contributed by atoms with Crippen LogP contribution in [0.3, 0.4) is 0 Å². The molecule has 0 aliphatic carbocycles. The lowest BCUT2D eigenvalue weighted by Gasteiger charge is -2.21. The summed E-state index contributed by atoms with van der Waals surface area (Å²) in [6, 6.07) is 3.96. The molecule has 0 radical (unpaired) electrons. The van der Waals surface area contributed by atoms with E-state index in [1.807, 2.05) is 31.0 Å². The smallest absolute Gasteiger partial charge is 0.204 e. The molecule has 0 atom stereocenters. The van der Waals surface area contributed by atoms with E-state index in [4.69, 9.17) is 4.74 Å². The summed E-state index contributed by atoms with van der Waals surface area (Å²) in [5, 5.41) is 3.17. The Bertz CT molecular complexity index is 547. The first kappa shape index (κ1) is 14.0. The Hall–Kier alpha value is -2.37. The van der Waals surface area contributed by atoms with Crippen molar-refractivity contribution in [1.82, 2.24) is 15.0 Å². The van der Waals surface area contributed by atoms with Crippen molar-refractivity contribution in [2.75, 3.05) is 30.9 Å². The highest BCUT2D eigenvalue weighted by molar-refractivity contribution is 5.64. The summed E-state index contributed by atoms with van der Waals surface area (Å²) >= 11 is 0. The van der Waals surface area contributed by atoms with Crippen LogP contribution in [-0.2, 0) is 6.54 Å². The average molecular weight is 273 g/mol. The number of rotatable bonds is 6. The quantitative estimate of drug-likeness (QED) is 0.868.